The standard InChI is InChI=1S/C5H8N4O3/c1-2-9-4(6-7-8-9)3(10)5(11)12/h3,10H,2H2,1H3,(H,11,12). The molecule has 7 nitrogen and oxygen atoms in total. The Morgan fingerprint density at radius 1 is 1.75 bits per heavy atom. The van der Waals surface area contributed by atoms with Crippen LogP contribution in [0, 0.1) is 0 Å². The van der Waals surface area contributed by atoms with Crippen LogP contribution >= 0.6 is 0 Å². The van der Waals surface area contributed by atoms with E-state index in [9.17, 15) is 4.79 Å². The molecular formula is C5H8N4O3. The van der Waals surface area contributed by atoms with E-state index in [1.54, 1.807) is 6.92 Å². The highest BCUT2D eigenvalue weighted by Crippen LogP contribution is 2.07. The van der Waals surface area contributed by atoms with E-state index >= 15 is 0 Å². The molecular weight excluding hydrogens is 164 g/mol. The van der Waals surface area contributed by atoms with Crippen molar-refractivity contribution in [2.75, 3.05) is 0 Å². The summed E-state index contributed by atoms with van der Waals surface area (Å²) in [5.41, 5.74) is 0. The van der Waals surface area contributed by atoms with Gasteiger partial charge in [0.15, 0.2) is 5.82 Å². The Labute approximate surface area is 67.6 Å². The van der Waals surface area contributed by atoms with Crippen LogP contribution in [0.1, 0.15) is 18.9 Å². The number of nitrogens with zero attached hydrogens (tertiary/aromatic N) is 4. The molecule has 1 unspecified atom stereocenters. The lowest BCUT2D eigenvalue weighted by atomic mass is 10.3. The zero-order valence-corrected chi connectivity index (χ0v) is 6.38. The van der Waals surface area contributed by atoms with E-state index in [1.807, 2.05) is 0 Å². The fraction of sp³-hybridized carbons (Fsp3) is 0.600. The quantitative estimate of drug-likeness (QED) is 0.594. The van der Waals surface area contributed by atoms with E-state index in [4.69, 9.17) is 10.2 Å². The number of aryl methyl sites for hydroxylation is 1. The van der Waals surface area contributed by atoms with Gasteiger partial charge in [0.1, 0.15) is 0 Å². The summed E-state index contributed by atoms with van der Waals surface area (Å²) < 4.78 is 1.22. The fourth-order valence-electron chi connectivity index (χ4n) is 0.743. The van der Waals surface area contributed by atoms with Crippen LogP contribution in [0.3, 0.4) is 0 Å². The van der Waals surface area contributed by atoms with Crippen molar-refractivity contribution in [2.45, 2.75) is 19.6 Å². The summed E-state index contributed by atoms with van der Waals surface area (Å²) in [6.45, 7) is 2.17. The van der Waals surface area contributed by atoms with Gasteiger partial charge in [-0.15, -0.1) is 5.10 Å². The Kier molecular flexibility index (Phi) is 2.34. The molecule has 1 heterocycles. The van der Waals surface area contributed by atoms with Crippen LogP contribution in [0.15, 0.2) is 0 Å². The van der Waals surface area contributed by atoms with Crippen molar-refractivity contribution in [3.05, 3.63) is 5.82 Å². The Morgan fingerprint density at radius 3 is 2.92 bits per heavy atom. The first-order valence-corrected chi connectivity index (χ1v) is 3.33. The maximum atomic E-state index is 10.3. The highest BCUT2D eigenvalue weighted by molar-refractivity contribution is 5.72. The van der Waals surface area contributed by atoms with Gasteiger partial charge in [-0.05, 0) is 17.4 Å². The summed E-state index contributed by atoms with van der Waals surface area (Å²) >= 11 is 0. The number of carboxylic acid groups (broad SMARTS) is 1. The lowest BCUT2D eigenvalue weighted by Gasteiger charge is -2.03. The third-order valence-corrected chi connectivity index (χ3v) is 1.34. The van der Waals surface area contributed by atoms with Gasteiger partial charge in [-0.3, -0.25) is 0 Å². The maximum absolute atomic E-state index is 10.3. The number of aliphatic carboxylic acids is 1. The molecule has 1 rings (SSSR count). The number of tetrazole rings is 1. The van der Waals surface area contributed by atoms with Gasteiger partial charge in [-0.2, -0.15) is 0 Å². The number of carbonyl (C=O) groups is 1. The number of aromatic nitrogens is 4. The fourth-order valence-corrected chi connectivity index (χ4v) is 0.743. The van der Waals surface area contributed by atoms with E-state index in [1.165, 1.54) is 4.68 Å². The van der Waals surface area contributed by atoms with Gasteiger partial charge in [-0.1, -0.05) is 0 Å². The van der Waals surface area contributed by atoms with Crippen molar-refractivity contribution in [2.24, 2.45) is 0 Å². The average Bonchev–Trinajstić information content (AvgIpc) is 2.49. The van der Waals surface area contributed by atoms with Gasteiger partial charge in [-0.25, -0.2) is 9.48 Å². The van der Waals surface area contributed by atoms with Crippen molar-refractivity contribution >= 4 is 5.97 Å². The summed E-state index contributed by atoms with van der Waals surface area (Å²) in [7, 11) is 0. The number of rotatable bonds is 3. The first-order valence-electron chi connectivity index (χ1n) is 3.33. The minimum absolute atomic E-state index is 0.0509. The first kappa shape index (κ1) is 8.60. The molecule has 0 aliphatic carbocycles. The molecule has 0 radical (unpaired) electrons. The number of hydrogen-bond acceptors (Lipinski definition) is 5. The highest BCUT2D eigenvalue weighted by atomic mass is 16.4. The molecule has 0 saturated heterocycles. The van der Waals surface area contributed by atoms with E-state index in [0.717, 1.165) is 0 Å². The minimum Gasteiger partial charge on any atom is -0.479 e. The topological polar surface area (TPSA) is 101 Å². The van der Waals surface area contributed by atoms with Gasteiger partial charge >= 0.3 is 5.97 Å². The molecule has 1 aromatic rings. The van der Waals surface area contributed by atoms with Crippen molar-refractivity contribution in [1.82, 2.24) is 20.2 Å². The molecule has 1 atom stereocenters. The van der Waals surface area contributed by atoms with Crippen molar-refractivity contribution in [3.8, 4) is 0 Å². The zero-order valence-electron chi connectivity index (χ0n) is 6.38. The second kappa shape index (κ2) is 3.26. The Balaban J connectivity index is 2.93. The molecule has 0 amide bonds. The molecule has 0 bridgehead atoms. The van der Waals surface area contributed by atoms with Gasteiger partial charge in [0.2, 0.25) is 6.10 Å². The average molecular weight is 172 g/mol. The Hall–Kier alpha value is -1.50. The van der Waals surface area contributed by atoms with Crippen LogP contribution in [0.4, 0.5) is 0 Å². The van der Waals surface area contributed by atoms with Crippen molar-refractivity contribution in [3.63, 3.8) is 0 Å². The summed E-state index contributed by atoms with van der Waals surface area (Å²) in [6, 6.07) is 0. The molecule has 0 fully saturated rings. The maximum Gasteiger partial charge on any atom is 0.340 e. The van der Waals surface area contributed by atoms with E-state index < -0.39 is 12.1 Å². The Morgan fingerprint density at radius 2 is 2.42 bits per heavy atom. The van der Waals surface area contributed by atoms with Crippen LogP contribution in [0.2, 0.25) is 0 Å². The van der Waals surface area contributed by atoms with Crippen LogP contribution in [-0.2, 0) is 11.3 Å². The SMILES string of the molecule is CCn1nnnc1C(O)C(=O)O. The van der Waals surface area contributed by atoms with Crippen LogP contribution in [0.25, 0.3) is 0 Å². The summed E-state index contributed by atoms with van der Waals surface area (Å²) in [6.07, 6.45) is -1.65. The van der Waals surface area contributed by atoms with Gasteiger partial charge in [0.05, 0.1) is 0 Å². The summed E-state index contributed by atoms with van der Waals surface area (Å²) in [5.74, 6) is -1.41. The van der Waals surface area contributed by atoms with E-state index in [2.05, 4.69) is 15.5 Å². The molecule has 0 aliphatic heterocycles. The molecule has 1 aromatic heterocycles. The molecule has 66 valence electrons. The Bertz CT molecular complexity index is 284. The second-order valence-corrected chi connectivity index (χ2v) is 2.09. The molecule has 0 aromatic carbocycles. The number of aliphatic hydroxyl groups is 1. The van der Waals surface area contributed by atoms with Gasteiger partial charge in [0.25, 0.3) is 0 Å². The monoisotopic (exact) mass is 172 g/mol. The first-order chi connectivity index (χ1) is 5.66. The summed E-state index contributed by atoms with van der Waals surface area (Å²) in [5, 5.41) is 27.5. The smallest absolute Gasteiger partial charge is 0.340 e. The minimum atomic E-state index is -1.65. The van der Waals surface area contributed by atoms with Gasteiger partial charge < -0.3 is 10.2 Å². The predicted octanol–water partition coefficient (Wildman–Crippen LogP) is -1.19. The second-order valence-electron chi connectivity index (χ2n) is 2.09. The van der Waals surface area contributed by atoms with Crippen molar-refractivity contribution in [1.29, 1.82) is 0 Å². The highest BCUT2D eigenvalue weighted by Gasteiger charge is 2.22. The number of hydrogen-bond donors (Lipinski definition) is 2. The lowest BCUT2D eigenvalue weighted by molar-refractivity contribution is -0.147. The summed E-state index contributed by atoms with van der Waals surface area (Å²) in [4.78, 5) is 10.3. The molecule has 0 aliphatic rings. The molecule has 7 heteroatoms. The van der Waals surface area contributed by atoms with E-state index in [0.29, 0.717) is 6.54 Å². The molecule has 0 spiro atoms. The third kappa shape index (κ3) is 1.40. The number of aliphatic hydroxyl groups excluding tert-OH is 1. The van der Waals surface area contributed by atoms with Crippen LogP contribution in [-0.4, -0.2) is 36.4 Å². The van der Waals surface area contributed by atoms with Crippen LogP contribution in [0.5, 0.6) is 0 Å². The van der Waals surface area contributed by atoms with Crippen molar-refractivity contribution < 1.29 is 15.0 Å². The largest absolute Gasteiger partial charge is 0.479 e. The normalized spacial score (nSPS) is 12.8. The lowest BCUT2D eigenvalue weighted by Crippen LogP contribution is -2.16. The number of carboxylic acids is 1. The van der Waals surface area contributed by atoms with E-state index in [-0.39, 0.29) is 5.82 Å². The third-order valence-electron chi connectivity index (χ3n) is 1.34. The van der Waals surface area contributed by atoms with Gasteiger partial charge in [0, 0.05) is 6.54 Å². The zero-order chi connectivity index (χ0) is 9.14. The molecule has 12 heavy (non-hydrogen) atoms. The molecule has 0 saturated carbocycles. The van der Waals surface area contributed by atoms with Crippen LogP contribution < -0.4 is 0 Å². The molecule has 2 N–H and O–H groups in total. The predicted molar refractivity (Wildman–Crippen MR) is 36.1 cm³/mol.